The molecule has 0 aliphatic carbocycles. The van der Waals surface area contributed by atoms with Crippen LogP contribution >= 0.6 is 0 Å². The molecule has 0 aliphatic heterocycles. The van der Waals surface area contributed by atoms with E-state index < -0.39 is 0 Å². The van der Waals surface area contributed by atoms with Crippen molar-refractivity contribution in [2.75, 3.05) is 0 Å². The minimum Gasteiger partial charge on any atom is -0.296 e. The first-order chi connectivity index (χ1) is 6.61. The summed E-state index contributed by atoms with van der Waals surface area (Å²) in [6.07, 6.45) is 1.79. The molecular formula is C11H18N2O. The summed E-state index contributed by atoms with van der Waals surface area (Å²) in [5.41, 5.74) is 1.76. The molecule has 0 amide bonds. The lowest BCUT2D eigenvalue weighted by atomic mass is 10.2. The minimum absolute atomic E-state index is 0.121. The van der Waals surface area contributed by atoms with Gasteiger partial charge in [0.2, 0.25) is 0 Å². The van der Waals surface area contributed by atoms with E-state index >= 15 is 0 Å². The van der Waals surface area contributed by atoms with Crippen LogP contribution in [-0.4, -0.2) is 9.55 Å². The summed E-state index contributed by atoms with van der Waals surface area (Å²) in [7, 11) is 0. The number of nitrogens with zero attached hydrogens (tertiary/aromatic N) is 2. The van der Waals surface area contributed by atoms with Gasteiger partial charge in [-0.15, -0.1) is 0 Å². The van der Waals surface area contributed by atoms with Crippen LogP contribution in [0, 0.1) is 13.8 Å². The molecule has 0 radical (unpaired) electrons. The maximum Gasteiger partial charge on any atom is 0.256 e. The van der Waals surface area contributed by atoms with Crippen LogP contribution in [0.1, 0.15) is 37.4 Å². The molecule has 3 heteroatoms. The number of hydrogen-bond acceptors (Lipinski definition) is 2. The second-order valence-electron chi connectivity index (χ2n) is 3.55. The average Bonchev–Trinajstić information content (AvgIpc) is 2.19. The van der Waals surface area contributed by atoms with E-state index in [4.69, 9.17) is 0 Å². The minimum atomic E-state index is 0.121. The van der Waals surface area contributed by atoms with Gasteiger partial charge >= 0.3 is 0 Å². The van der Waals surface area contributed by atoms with Crippen molar-refractivity contribution in [1.82, 2.24) is 9.55 Å². The van der Waals surface area contributed by atoms with E-state index in [2.05, 4.69) is 11.9 Å². The summed E-state index contributed by atoms with van der Waals surface area (Å²) in [5, 5.41) is 0. The lowest BCUT2D eigenvalue weighted by Gasteiger charge is -2.12. The first-order valence-corrected chi connectivity index (χ1v) is 5.18. The first-order valence-electron chi connectivity index (χ1n) is 5.18. The fraction of sp³-hybridized carbons (Fsp3) is 0.636. The van der Waals surface area contributed by atoms with Gasteiger partial charge in [0.05, 0.1) is 0 Å². The second kappa shape index (κ2) is 4.40. The number of aryl methyl sites for hydroxylation is 2. The molecule has 78 valence electrons. The Balaban J connectivity index is 3.37. The van der Waals surface area contributed by atoms with Crippen molar-refractivity contribution < 1.29 is 0 Å². The predicted octanol–water partition coefficient (Wildman–Crippen LogP) is 1.83. The van der Waals surface area contributed by atoms with Crippen molar-refractivity contribution >= 4 is 0 Å². The van der Waals surface area contributed by atoms with E-state index in [1.54, 1.807) is 4.57 Å². The van der Waals surface area contributed by atoms with Gasteiger partial charge in [-0.1, -0.05) is 13.8 Å². The van der Waals surface area contributed by atoms with E-state index in [1.807, 2.05) is 20.8 Å². The van der Waals surface area contributed by atoms with Crippen LogP contribution in [0.15, 0.2) is 4.79 Å². The highest BCUT2D eigenvalue weighted by Gasteiger charge is 2.08. The zero-order valence-electron chi connectivity index (χ0n) is 9.42. The molecule has 0 N–H and O–H groups in total. The van der Waals surface area contributed by atoms with Gasteiger partial charge in [0.15, 0.2) is 0 Å². The van der Waals surface area contributed by atoms with Crippen molar-refractivity contribution in [3.05, 3.63) is 27.4 Å². The van der Waals surface area contributed by atoms with Crippen molar-refractivity contribution in [2.45, 2.75) is 47.1 Å². The van der Waals surface area contributed by atoms with Crippen molar-refractivity contribution in [3.63, 3.8) is 0 Å². The third-order valence-corrected chi connectivity index (χ3v) is 2.48. The Morgan fingerprint density at radius 1 is 1.29 bits per heavy atom. The lowest BCUT2D eigenvalue weighted by Crippen LogP contribution is -2.27. The molecule has 14 heavy (non-hydrogen) atoms. The van der Waals surface area contributed by atoms with Crippen LogP contribution in [0.3, 0.4) is 0 Å². The fourth-order valence-electron chi connectivity index (χ4n) is 1.54. The van der Waals surface area contributed by atoms with Gasteiger partial charge in [-0.3, -0.25) is 9.36 Å². The van der Waals surface area contributed by atoms with Crippen LogP contribution in [0.2, 0.25) is 0 Å². The largest absolute Gasteiger partial charge is 0.296 e. The van der Waals surface area contributed by atoms with Crippen molar-refractivity contribution in [3.8, 4) is 0 Å². The van der Waals surface area contributed by atoms with Crippen LogP contribution < -0.4 is 5.56 Å². The third kappa shape index (κ3) is 1.86. The Hall–Kier alpha value is -1.12. The molecule has 0 aromatic carbocycles. The highest BCUT2D eigenvalue weighted by molar-refractivity contribution is 5.15. The summed E-state index contributed by atoms with van der Waals surface area (Å²) in [5.74, 6) is 0.903. The highest BCUT2D eigenvalue weighted by atomic mass is 16.1. The quantitative estimate of drug-likeness (QED) is 0.735. The molecule has 3 nitrogen and oxygen atoms in total. The molecule has 1 aromatic rings. The normalized spacial score (nSPS) is 10.6. The summed E-state index contributed by atoms with van der Waals surface area (Å²) in [6.45, 7) is 8.61. The molecule has 0 bridgehead atoms. The second-order valence-corrected chi connectivity index (χ2v) is 3.55. The van der Waals surface area contributed by atoms with E-state index in [1.165, 1.54) is 0 Å². The summed E-state index contributed by atoms with van der Waals surface area (Å²) >= 11 is 0. The molecule has 0 saturated heterocycles. The fourth-order valence-corrected chi connectivity index (χ4v) is 1.54. The van der Waals surface area contributed by atoms with Gasteiger partial charge in [0.1, 0.15) is 5.82 Å². The summed E-state index contributed by atoms with van der Waals surface area (Å²) in [6, 6.07) is 0. The first kappa shape index (κ1) is 11.0. The zero-order chi connectivity index (χ0) is 10.7. The maximum atomic E-state index is 11.9. The topological polar surface area (TPSA) is 34.9 Å². The standard InChI is InChI=1S/C11H18N2O/c1-5-7-13-10(6-2)12-9(4)8(3)11(13)14/h5-7H2,1-4H3. The molecule has 0 spiro atoms. The van der Waals surface area contributed by atoms with Gasteiger partial charge in [-0.2, -0.15) is 0 Å². The van der Waals surface area contributed by atoms with E-state index in [9.17, 15) is 4.79 Å². The van der Waals surface area contributed by atoms with Gasteiger partial charge in [-0.25, -0.2) is 4.98 Å². The lowest BCUT2D eigenvalue weighted by molar-refractivity contribution is 0.594. The maximum absolute atomic E-state index is 11.9. The van der Waals surface area contributed by atoms with E-state index in [0.717, 1.165) is 36.5 Å². The Bertz CT molecular complexity index is 380. The SMILES string of the molecule is CCCn1c(CC)nc(C)c(C)c1=O. The Labute approximate surface area is 84.8 Å². The van der Waals surface area contributed by atoms with Gasteiger partial charge in [0.25, 0.3) is 5.56 Å². The van der Waals surface area contributed by atoms with E-state index in [0.29, 0.717) is 0 Å². The molecular weight excluding hydrogens is 176 g/mol. The Morgan fingerprint density at radius 2 is 1.93 bits per heavy atom. The molecule has 0 atom stereocenters. The molecule has 1 heterocycles. The molecule has 1 aromatic heterocycles. The monoisotopic (exact) mass is 194 g/mol. The van der Waals surface area contributed by atoms with E-state index in [-0.39, 0.29) is 5.56 Å². The van der Waals surface area contributed by atoms with Crippen LogP contribution in [0.5, 0.6) is 0 Å². The molecule has 1 rings (SSSR count). The summed E-state index contributed by atoms with van der Waals surface area (Å²) < 4.78 is 1.79. The van der Waals surface area contributed by atoms with Crippen molar-refractivity contribution in [2.24, 2.45) is 0 Å². The van der Waals surface area contributed by atoms with Crippen LogP contribution in [-0.2, 0) is 13.0 Å². The molecule has 0 fully saturated rings. The number of hydrogen-bond donors (Lipinski definition) is 0. The van der Waals surface area contributed by atoms with Crippen molar-refractivity contribution in [1.29, 1.82) is 0 Å². The van der Waals surface area contributed by atoms with Crippen LogP contribution in [0.4, 0.5) is 0 Å². The van der Waals surface area contributed by atoms with Gasteiger partial charge in [0, 0.05) is 24.2 Å². The highest BCUT2D eigenvalue weighted by Crippen LogP contribution is 2.02. The summed E-state index contributed by atoms with van der Waals surface area (Å²) in [4.78, 5) is 16.3. The molecule has 0 aliphatic rings. The van der Waals surface area contributed by atoms with Gasteiger partial charge < -0.3 is 0 Å². The molecule has 0 saturated carbocycles. The molecule has 0 unspecified atom stereocenters. The number of rotatable bonds is 3. The predicted molar refractivity (Wildman–Crippen MR) is 57.6 cm³/mol. The third-order valence-electron chi connectivity index (χ3n) is 2.48. The average molecular weight is 194 g/mol. The van der Waals surface area contributed by atoms with Gasteiger partial charge in [-0.05, 0) is 20.3 Å². The van der Waals surface area contributed by atoms with Crippen LogP contribution in [0.25, 0.3) is 0 Å². The number of aromatic nitrogens is 2. The Morgan fingerprint density at radius 3 is 2.43 bits per heavy atom. The smallest absolute Gasteiger partial charge is 0.256 e. The Kier molecular flexibility index (Phi) is 3.44. The zero-order valence-corrected chi connectivity index (χ0v) is 9.42.